The number of aromatic nitrogens is 1. The molecule has 1 N–H and O–H groups in total. The van der Waals surface area contributed by atoms with Crippen molar-refractivity contribution in [1.29, 1.82) is 0 Å². The Morgan fingerprint density at radius 2 is 1.94 bits per heavy atom. The number of piperidine rings is 1. The first-order chi connectivity index (χ1) is 15.5. The summed E-state index contributed by atoms with van der Waals surface area (Å²) in [6, 6.07) is 7.83. The molecule has 2 aliphatic heterocycles. The van der Waals surface area contributed by atoms with Crippen LogP contribution in [0.25, 0.3) is 0 Å². The van der Waals surface area contributed by atoms with E-state index in [1.54, 1.807) is 38.7 Å². The Balaban J connectivity index is 1.62. The highest BCUT2D eigenvalue weighted by Crippen LogP contribution is 2.42. The highest BCUT2D eigenvalue weighted by Gasteiger charge is 2.37. The number of nitrogens with one attached hydrogen (secondary N) is 1. The Kier molecular flexibility index (Phi) is 6.74. The lowest BCUT2D eigenvalue weighted by Crippen LogP contribution is -2.47. The molecule has 3 heterocycles. The lowest BCUT2D eigenvalue weighted by Gasteiger charge is -2.44. The van der Waals surface area contributed by atoms with Crippen molar-refractivity contribution in [1.82, 2.24) is 15.3 Å². The highest BCUT2D eigenvalue weighted by molar-refractivity contribution is 5.96. The summed E-state index contributed by atoms with van der Waals surface area (Å²) >= 11 is 0. The summed E-state index contributed by atoms with van der Waals surface area (Å²) in [5.41, 5.74) is 6.97. The first-order valence-electron chi connectivity index (χ1n) is 11.3. The Morgan fingerprint density at radius 3 is 2.62 bits per heavy atom. The number of rotatable bonds is 6. The zero-order chi connectivity index (χ0) is 22.7. The van der Waals surface area contributed by atoms with Crippen LogP contribution in [0.1, 0.15) is 54.2 Å². The SMILES string of the molecule is COc1cc2c(cc1OC)[C@@H]1C/C(=N/NC(=O)c3ccncc3)[C@@H](CC(C)C)CN1CC2. The van der Waals surface area contributed by atoms with Crippen molar-refractivity contribution in [2.75, 3.05) is 27.3 Å². The van der Waals surface area contributed by atoms with Crippen LogP contribution in [0.5, 0.6) is 11.5 Å². The van der Waals surface area contributed by atoms with E-state index in [0.717, 1.165) is 49.6 Å². The maximum atomic E-state index is 12.6. The van der Waals surface area contributed by atoms with Crippen LogP contribution in [0, 0.1) is 11.8 Å². The fraction of sp³-hybridized carbons (Fsp3) is 0.480. The van der Waals surface area contributed by atoms with Crippen molar-refractivity contribution >= 4 is 11.6 Å². The molecule has 0 aliphatic carbocycles. The summed E-state index contributed by atoms with van der Waals surface area (Å²) in [6.07, 6.45) is 6.06. The zero-order valence-electron chi connectivity index (χ0n) is 19.3. The number of hydrogen-bond acceptors (Lipinski definition) is 6. The number of amides is 1. The molecule has 0 unspecified atom stereocenters. The van der Waals surface area contributed by atoms with E-state index in [4.69, 9.17) is 9.47 Å². The van der Waals surface area contributed by atoms with Gasteiger partial charge >= 0.3 is 0 Å². The molecule has 0 bridgehead atoms. The number of benzene rings is 1. The smallest absolute Gasteiger partial charge is 0.271 e. The molecule has 1 aromatic heterocycles. The van der Waals surface area contributed by atoms with Gasteiger partial charge in [0.2, 0.25) is 0 Å². The molecule has 1 aromatic carbocycles. The Hall–Kier alpha value is -2.93. The van der Waals surface area contributed by atoms with Gasteiger partial charge in [-0.05, 0) is 54.2 Å². The molecule has 0 saturated carbocycles. The molecular weight excluding hydrogens is 404 g/mol. The molecule has 0 radical (unpaired) electrons. The van der Waals surface area contributed by atoms with Gasteiger partial charge in [-0.15, -0.1) is 0 Å². The topological polar surface area (TPSA) is 76.0 Å². The predicted molar refractivity (Wildman–Crippen MR) is 124 cm³/mol. The number of fused-ring (bicyclic) bond motifs is 3. The van der Waals surface area contributed by atoms with Gasteiger partial charge in [0, 0.05) is 55.1 Å². The van der Waals surface area contributed by atoms with E-state index in [2.05, 4.69) is 46.4 Å². The van der Waals surface area contributed by atoms with Gasteiger partial charge in [-0.3, -0.25) is 14.7 Å². The standard InChI is InChI=1S/C25H32N4O3/c1-16(2)11-19-15-29-10-7-18-12-23(31-3)24(32-4)13-20(18)22(29)14-21(19)27-28-25(30)17-5-8-26-9-6-17/h5-6,8-9,12-13,16,19,22H,7,10-11,14-15H2,1-4H3,(H,28,30)/b27-21-/t19-,22-/m0/s1. The van der Waals surface area contributed by atoms with Crippen LogP contribution in [-0.4, -0.2) is 48.8 Å². The number of hydrazone groups is 1. The average molecular weight is 437 g/mol. The first kappa shape index (κ1) is 22.3. The number of methoxy groups -OCH3 is 2. The maximum absolute atomic E-state index is 12.6. The molecule has 2 aliphatic rings. The second-order valence-corrected chi connectivity index (χ2v) is 8.98. The van der Waals surface area contributed by atoms with E-state index in [-0.39, 0.29) is 11.9 Å². The van der Waals surface area contributed by atoms with E-state index in [0.29, 0.717) is 17.4 Å². The van der Waals surface area contributed by atoms with Gasteiger partial charge < -0.3 is 9.47 Å². The molecule has 4 rings (SSSR count). The summed E-state index contributed by atoms with van der Waals surface area (Å²) in [4.78, 5) is 19.1. The molecule has 1 saturated heterocycles. The van der Waals surface area contributed by atoms with Crippen molar-refractivity contribution in [2.45, 2.75) is 39.2 Å². The zero-order valence-corrected chi connectivity index (χ0v) is 19.3. The van der Waals surface area contributed by atoms with Gasteiger partial charge in [0.25, 0.3) is 5.91 Å². The van der Waals surface area contributed by atoms with Gasteiger partial charge in [0.05, 0.1) is 14.2 Å². The van der Waals surface area contributed by atoms with Crippen molar-refractivity contribution in [3.63, 3.8) is 0 Å². The first-order valence-corrected chi connectivity index (χ1v) is 11.3. The molecule has 32 heavy (non-hydrogen) atoms. The number of carbonyl (C=O) groups excluding carboxylic acids is 1. The molecule has 2 atom stereocenters. The van der Waals surface area contributed by atoms with Crippen LogP contribution >= 0.6 is 0 Å². The molecule has 1 fully saturated rings. The number of ether oxygens (including phenoxy) is 2. The van der Waals surface area contributed by atoms with E-state index in [1.165, 1.54) is 11.1 Å². The molecule has 170 valence electrons. The number of nitrogens with zero attached hydrogens (tertiary/aromatic N) is 3. The van der Waals surface area contributed by atoms with Crippen LogP contribution in [0.3, 0.4) is 0 Å². The lowest BCUT2D eigenvalue weighted by molar-refractivity contribution is 0.0952. The fourth-order valence-corrected chi connectivity index (χ4v) is 4.90. The minimum absolute atomic E-state index is 0.207. The second-order valence-electron chi connectivity index (χ2n) is 8.98. The summed E-state index contributed by atoms with van der Waals surface area (Å²) < 4.78 is 11.1. The Bertz CT molecular complexity index is 990. The van der Waals surface area contributed by atoms with Crippen LogP contribution in [0.15, 0.2) is 41.8 Å². The largest absolute Gasteiger partial charge is 0.493 e. The average Bonchev–Trinajstić information content (AvgIpc) is 2.81. The molecule has 1 amide bonds. The molecule has 0 spiro atoms. The van der Waals surface area contributed by atoms with E-state index in [9.17, 15) is 4.79 Å². The van der Waals surface area contributed by atoms with E-state index in [1.807, 2.05) is 0 Å². The molecule has 7 heteroatoms. The Labute approximate surface area is 189 Å². The van der Waals surface area contributed by atoms with Crippen LogP contribution in [-0.2, 0) is 6.42 Å². The number of hydrogen-bond donors (Lipinski definition) is 1. The molecular formula is C25H32N4O3. The minimum Gasteiger partial charge on any atom is -0.493 e. The van der Waals surface area contributed by atoms with Gasteiger partial charge in [0.1, 0.15) is 0 Å². The molecule has 7 nitrogen and oxygen atoms in total. The van der Waals surface area contributed by atoms with Crippen LogP contribution in [0.2, 0.25) is 0 Å². The third-order valence-electron chi connectivity index (χ3n) is 6.44. The van der Waals surface area contributed by atoms with E-state index < -0.39 is 0 Å². The third-order valence-corrected chi connectivity index (χ3v) is 6.44. The quantitative estimate of drug-likeness (QED) is 0.696. The third kappa shape index (κ3) is 4.63. The van der Waals surface area contributed by atoms with Crippen molar-refractivity contribution < 1.29 is 14.3 Å². The predicted octanol–water partition coefficient (Wildman–Crippen LogP) is 3.85. The van der Waals surface area contributed by atoms with Gasteiger partial charge in [-0.1, -0.05) is 13.8 Å². The number of pyridine rings is 1. The molecule has 2 aromatic rings. The summed E-state index contributed by atoms with van der Waals surface area (Å²) in [7, 11) is 3.35. The monoisotopic (exact) mass is 436 g/mol. The summed E-state index contributed by atoms with van der Waals surface area (Å²) in [6.45, 7) is 6.43. The highest BCUT2D eigenvalue weighted by atomic mass is 16.5. The number of carbonyl (C=O) groups is 1. The summed E-state index contributed by atoms with van der Waals surface area (Å²) in [5, 5.41) is 4.65. The minimum atomic E-state index is -0.207. The Morgan fingerprint density at radius 1 is 1.22 bits per heavy atom. The van der Waals surface area contributed by atoms with Gasteiger partial charge in [-0.2, -0.15) is 5.10 Å². The normalized spacial score (nSPS) is 21.7. The second kappa shape index (κ2) is 9.69. The van der Waals surface area contributed by atoms with Crippen LogP contribution in [0.4, 0.5) is 0 Å². The van der Waals surface area contributed by atoms with Crippen molar-refractivity contribution in [3.8, 4) is 11.5 Å². The van der Waals surface area contributed by atoms with Crippen LogP contribution < -0.4 is 14.9 Å². The van der Waals surface area contributed by atoms with E-state index >= 15 is 0 Å². The van der Waals surface area contributed by atoms with Crippen molar-refractivity contribution in [2.24, 2.45) is 16.9 Å². The van der Waals surface area contributed by atoms with Crippen molar-refractivity contribution in [3.05, 3.63) is 53.3 Å². The van der Waals surface area contributed by atoms with Gasteiger partial charge in [0.15, 0.2) is 11.5 Å². The lowest BCUT2D eigenvalue weighted by atomic mass is 9.79. The fourth-order valence-electron chi connectivity index (χ4n) is 4.90. The van der Waals surface area contributed by atoms with Gasteiger partial charge in [-0.25, -0.2) is 5.43 Å². The summed E-state index contributed by atoms with van der Waals surface area (Å²) in [5.74, 6) is 2.19. The maximum Gasteiger partial charge on any atom is 0.271 e.